The topological polar surface area (TPSA) is 105 Å². The van der Waals surface area contributed by atoms with E-state index in [0.29, 0.717) is 37.4 Å². The molecule has 7 nitrogen and oxygen atoms in total. The molecule has 0 aliphatic rings. The quantitative estimate of drug-likeness (QED) is 0.342. The zero-order valence-corrected chi connectivity index (χ0v) is 19.3. The minimum absolute atomic E-state index is 0.143. The highest BCUT2D eigenvalue weighted by Gasteiger charge is 2.16. The zero-order chi connectivity index (χ0) is 24.1. The van der Waals surface area contributed by atoms with Crippen LogP contribution in [-0.2, 0) is 11.3 Å². The van der Waals surface area contributed by atoms with Gasteiger partial charge in [0.1, 0.15) is 17.1 Å². The summed E-state index contributed by atoms with van der Waals surface area (Å²) in [5.41, 5.74) is 1.75. The van der Waals surface area contributed by atoms with Gasteiger partial charge in [0.25, 0.3) is 0 Å². The first-order valence-electron chi connectivity index (χ1n) is 11.1. The number of rotatable bonds is 15. The Bertz CT molecular complexity index is 877. The van der Waals surface area contributed by atoms with Gasteiger partial charge in [0.05, 0.1) is 33.0 Å². The van der Waals surface area contributed by atoms with Crippen molar-refractivity contribution in [2.75, 3.05) is 20.8 Å². The molecule has 2 aromatic rings. The Labute approximate surface area is 195 Å². The fraction of sp³-hybridized carbons (Fsp3) is 0.423. The van der Waals surface area contributed by atoms with Gasteiger partial charge in [-0.15, -0.1) is 0 Å². The van der Waals surface area contributed by atoms with E-state index in [4.69, 9.17) is 14.2 Å². The van der Waals surface area contributed by atoms with E-state index in [1.165, 1.54) is 7.11 Å². The molecule has 2 aromatic carbocycles. The lowest BCUT2D eigenvalue weighted by Crippen LogP contribution is -2.27. The van der Waals surface area contributed by atoms with Crippen LogP contribution >= 0.6 is 0 Å². The van der Waals surface area contributed by atoms with Crippen molar-refractivity contribution in [3.05, 3.63) is 65.2 Å². The molecule has 3 N–H and O–H groups in total. The molecule has 0 fully saturated rings. The number of aliphatic hydroxyl groups excluding tert-OH is 2. The zero-order valence-electron chi connectivity index (χ0n) is 19.3. The van der Waals surface area contributed by atoms with Gasteiger partial charge in [0, 0.05) is 6.61 Å². The Kier molecular flexibility index (Phi) is 11.4. The number of unbranched alkanes of at least 4 members (excludes halogenated alkanes) is 2. The molecule has 0 aromatic heterocycles. The van der Waals surface area contributed by atoms with Gasteiger partial charge in [-0.05, 0) is 55.0 Å². The van der Waals surface area contributed by atoms with Crippen LogP contribution in [0.4, 0.5) is 0 Å². The van der Waals surface area contributed by atoms with Crippen LogP contribution in [0.1, 0.15) is 53.6 Å². The Morgan fingerprint density at radius 1 is 0.970 bits per heavy atom. The molecule has 0 unspecified atom stereocenters. The average molecular weight is 459 g/mol. The largest absolute Gasteiger partial charge is 0.497 e. The molecule has 0 saturated heterocycles. The third-order valence-electron chi connectivity index (χ3n) is 5.34. The summed E-state index contributed by atoms with van der Waals surface area (Å²) < 4.78 is 15.8. The second-order valence-corrected chi connectivity index (χ2v) is 7.74. The molecule has 0 spiro atoms. The number of aromatic carboxylic acids is 1. The fourth-order valence-corrected chi connectivity index (χ4v) is 3.41. The monoisotopic (exact) mass is 458 g/mol. The SMILES string of the molecule is COc1ccc(COCC[C@H](O)[C@@H](O)CCCC/C=C/c2cccc(OC)c2C(=O)O)cc1. The number of carboxylic acids is 1. The maximum absolute atomic E-state index is 11.5. The van der Waals surface area contributed by atoms with Crippen molar-refractivity contribution in [3.63, 3.8) is 0 Å². The lowest BCUT2D eigenvalue weighted by Gasteiger charge is -2.17. The molecule has 0 bridgehead atoms. The third kappa shape index (κ3) is 8.88. The van der Waals surface area contributed by atoms with Gasteiger partial charge in [-0.2, -0.15) is 0 Å². The van der Waals surface area contributed by atoms with Gasteiger partial charge < -0.3 is 29.5 Å². The summed E-state index contributed by atoms with van der Waals surface area (Å²) in [5.74, 6) is 0.0880. The minimum Gasteiger partial charge on any atom is -0.497 e. The van der Waals surface area contributed by atoms with Gasteiger partial charge >= 0.3 is 5.97 Å². The predicted molar refractivity (Wildman–Crippen MR) is 127 cm³/mol. The molecule has 2 atom stereocenters. The van der Waals surface area contributed by atoms with Crippen LogP contribution in [0.2, 0.25) is 0 Å². The van der Waals surface area contributed by atoms with E-state index in [1.807, 2.05) is 30.3 Å². The molecule has 180 valence electrons. The van der Waals surface area contributed by atoms with Crippen molar-refractivity contribution < 1.29 is 34.3 Å². The van der Waals surface area contributed by atoms with E-state index >= 15 is 0 Å². The number of allylic oxidation sites excluding steroid dienone is 1. The van der Waals surface area contributed by atoms with Crippen LogP contribution in [-0.4, -0.2) is 54.3 Å². The maximum Gasteiger partial charge on any atom is 0.340 e. The third-order valence-corrected chi connectivity index (χ3v) is 5.34. The summed E-state index contributed by atoms with van der Waals surface area (Å²) in [4.78, 5) is 11.5. The Hall–Kier alpha value is -2.87. The van der Waals surface area contributed by atoms with Crippen LogP contribution in [0, 0.1) is 0 Å². The second kappa shape index (κ2) is 14.3. The molecule has 0 radical (unpaired) electrons. The lowest BCUT2D eigenvalue weighted by atomic mass is 10.0. The number of methoxy groups -OCH3 is 2. The summed E-state index contributed by atoms with van der Waals surface area (Å²) >= 11 is 0. The van der Waals surface area contributed by atoms with E-state index in [9.17, 15) is 20.1 Å². The summed E-state index contributed by atoms with van der Waals surface area (Å²) in [6.07, 6.45) is 5.23. The highest BCUT2D eigenvalue weighted by molar-refractivity contribution is 5.95. The number of benzene rings is 2. The van der Waals surface area contributed by atoms with Crippen LogP contribution in [0.15, 0.2) is 48.5 Å². The second-order valence-electron chi connectivity index (χ2n) is 7.74. The lowest BCUT2D eigenvalue weighted by molar-refractivity contribution is -0.0112. The minimum atomic E-state index is -1.03. The van der Waals surface area contributed by atoms with Crippen molar-refractivity contribution in [1.29, 1.82) is 0 Å². The summed E-state index contributed by atoms with van der Waals surface area (Å²) in [6, 6.07) is 12.7. The highest BCUT2D eigenvalue weighted by Crippen LogP contribution is 2.23. The Morgan fingerprint density at radius 3 is 2.36 bits per heavy atom. The van der Waals surface area contributed by atoms with Crippen molar-refractivity contribution in [2.45, 2.75) is 50.9 Å². The molecular weight excluding hydrogens is 424 g/mol. The number of hydrogen-bond donors (Lipinski definition) is 3. The van der Waals surface area contributed by atoms with Crippen molar-refractivity contribution in [3.8, 4) is 11.5 Å². The van der Waals surface area contributed by atoms with Crippen LogP contribution in [0.5, 0.6) is 11.5 Å². The Morgan fingerprint density at radius 2 is 1.70 bits per heavy atom. The molecule has 0 aliphatic carbocycles. The first-order chi connectivity index (χ1) is 16.0. The van der Waals surface area contributed by atoms with E-state index in [0.717, 1.165) is 30.6 Å². The number of aliphatic hydroxyl groups is 2. The first-order valence-corrected chi connectivity index (χ1v) is 11.1. The highest BCUT2D eigenvalue weighted by atomic mass is 16.5. The van der Waals surface area contributed by atoms with Crippen LogP contribution in [0.25, 0.3) is 6.08 Å². The van der Waals surface area contributed by atoms with Gasteiger partial charge in [-0.3, -0.25) is 0 Å². The summed E-state index contributed by atoms with van der Waals surface area (Å²) in [6.45, 7) is 0.801. The van der Waals surface area contributed by atoms with Gasteiger partial charge in [0.15, 0.2) is 0 Å². The van der Waals surface area contributed by atoms with E-state index < -0.39 is 18.2 Å². The van der Waals surface area contributed by atoms with E-state index in [1.54, 1.807) is 31.4 Å². The van der Waals surface area contributed by atoms with Crippen molar-refractivity contribution >= 4 is 12.0 Å². The molecule has 0 amide bonds. The first kappa shape index (κ1) is 26.4. The molecule has 7 heteroatoms. The van der Waals surface area contributed by atoms with Crippen molar-refractivity contribution in [2.24, 2.45) is 0 Å². The van der Waals surface area contributed by atoms with Crippen LogP contribution in [0.3, 0.4) is 0 Å². The molecule has 2 rings (SSSR count). The molecule has 33 heavy (non-hydrogen) atoms. The van der Waals surface area contributed by atoms with Gasteiger partial charge in [-0.25, -0.2) is 4.79 Å². The normalized spacial score (nSPS) is 13.1. The van der Waals surface area contributed by atoms with Gasteiger partial charge in [-0.1, -0.05) is 42.8 Å². The van der Waals surface area contributed by atoms with Crippen molar-refractivity contribution in [1.82, 2.24) is 0 Å². The molecule has 0 heterocycles. The number of carbonyl (C=O) groups is 1. The predicted octanol–water partition coefficient (Wildman–Crippen LogP) is 4.30. The summed E-state index contributed by atoms with van der Waals surface area (Å²) in [5, 5.41) is 29.7. The number of carboxylic acid groups (broad SMARTS) is 1. The number of ether oxygens (including phenoxy) is 3. The number of hydrogen-bond acceptors (Lipinski definition) is 6. The smallest absolute Gasteiger partial charge is 0.340 e. The standard InChI is InChI=1S/C26H34O7/c1-31-21-14-12-19(13-15-21)18-33-17-16-23(28)22(27)10-6-4-3-5-8-20-9-7-11-24(32-2)25(20)26(29)30/h5,7-9,11-15,22-23,27-28H,3-4,6,10,16-18H2,1-2H3,(H,29,30)/b8-5+/t22-,23-/m0/s1. The van der Waals surface area contributed by atoms with E-state index in [2.05, 4.69) is 0 Å². The average Bonchev–Trinajstić information content (AvgIpc) is 2.83. The summed E-state index contributed by atoms with van der Waals surface area (Å²) in [7, 11) is 3.07. The fourth-order valence-electron chi connectivity index (χ4n) is 3.41. The molecule has 0 aliphatic heterocycles. The van der Waals surface area contributed by atoms with Gasteiger partial charge in [0.2, 0.25) is 0 Å². The van der Waals surface area contributed by atoms with Crippen LogP contribution < -0.4 is 9.47 Å². The maximum atomic E-state index is 11.5. The molecule has 0 saturated carbocycles. The van der Waals surface area contributed by atoms with E-state index in [-0.39, 0.29) is 5.56 Å². The Balaban J connectivity index is 1.63. The molecular formula is C26H34O7.